The van der Waals surface area contributed by atoms with Crippen molar-refractivity contribution in [3.63, 3.8) is 0 Å². The van der Waals surface area contributed by atoms with E-state index in [9.17, 15) is 0 Å². The van der Waals surface area contributed by atoms with Crippen molar-refractivity contribution in [1.29, 1.82) is 0 Å². The lowest BCUT2D eigenvalue weighted by atomic mass is 10.1. The maximum absolute atomic E-state index is 3.52. The van der Waals surface area contributed by atoms with Gasteiger partial charge >= 0.3 is 0 Å². The molecule has 0 aromatic carbocycles. The van der Waals surface area contributed by atoms with Gasteiger partial charge in [0.2, 0.25) is 0 Å². The molecular weight excluding hydrogens is 278 g/mol. The quantitative estimate of drug-likeness (QED) is 0.902. The number of nitrogens with zero attached hydrogens (tertiary/aromatic N) is 2. The Morgan fingerprint density at radius 3 is 2.48 bits per heavy atom. The third kappa shape index (κ3) is 4.52. The van der Waals surface area contributed by atoms with E-state index in [0.717, 1.165) is 13.1 Å². The second-order valence-corrected chi connectivity index (χ2v) is 8.23. The highest BCUT2D eigenvalue weighted by Gasteiger charge is 2.26. The topological polar surface area (TPSA) is 18.5 Å². The molecule has 1 N–H and O–H groups in total. The monoisotopic (exact) mass is 309 g/mol. The van der Waals surface area contributed by atoms with E-state index in [2.05, 4.69) is 62.8 Å². The fourth-order valence-corrected chi connectivity index (χ4v) is 4.02. The normalized spacial score (nSPS) is 24.9. The van der Waals surface area contributed by atoms with Crippen LogP contribution < -0.4 is 5.32 Å². The molecule has 1 aromatic heterocycles. The summed E-state index contributed by atoms with van der Waals surface area (Å²) in [6.45, 7) is 15.8. The molecule has 1 saturated heterocycles. The van der Waals surface area contributed by atoms with Gasteiger partial charge in [0.1, 0.15) is 0 Å². The summed E-state index contributed by atoms with van der Waals surface area (Å²) >= 11 is 1.95. The first-order valence-electron chi connectivity index (χ1n) is 8.12. The Bertz CT molecular complexity index is 443. The van der Waals surface area contributed by atoms with Gasteiger partial charge in [-0.25, -0.2) is 0 Å². The minimum Gasteiger partial charge on any atom is -0.310 e. The molecule has 4 heteroatoms. The molecular formula is C17H31N3S. The lowest BCUT2D eigenvalue weighted by Gasteiger charge is -2.42. The summed E-state index contributed by atoms with van der Waals surface area (Å²) < 4.78 is 0. The number of hydrogen-bond donors (Lipinski definition) is 1. The molecule has 2 unspecified atom stereocenters. The predicted octanol–water partition coefficient (Wildman–Crippen LogP) is 3.08. The summed E-state index contributed by atoms with van der Waals surface area (Å²) in [5, 5.41) is 3.52. The van der Waals surface area contributed by atoms with Gasteiger partial charge in [0.05, 0.1) is 0 Å². The van der Waals surface area contributed by atoms with Crippen LogP contribution in [0.2, 0.25) is 0 Å². The van der Waals surface area contributed by atoms with Crippen molar-refractivity contribution in [2.75, 3.05) is 20.1 Å². The molecule has 2 rings (SSSR count). The number of piperazine rings is 1. The second-order valence-electron chi connectivity index (χ2n) is 6.89. The second kappa shape index (κ2) is 7.23. The Labute approximate surface area is 134 Å². The number of aryl methyl sites for hydroxylation is 1. The van der Waals surface area contributed by atoms with Gasteiger partial charge in [-0.15, -0.1) is 11.3 Å². The molecule has 0 spiro atoms. The summed E-state index contributed by atoms with van der Waals surface area (Å²) in [6.07, 6.45) is 0. The molecule has 1 aromatic rings. The Kier molecular flexibility index (Phi) is 5.83. The van der Waals surface area contributed by atoms with Crippen LogP contribution in [-0.4, -0.2) is 48.1 Å². The lowest BCUT2D eigenvalue weighted by molar-refractivity contribution is 0.0556. The molecule has 2 heterocycles. The maximum atomic E-state index is 3.52. The fourth-order valence-electron chi connectivity index (χ4n) is 3.02. The first kappa shape index (κ1) is 16.9. The number of rotatable bonds is 5. The average Bonchev–Trinajstić information content (AvgIpc) is 2.74. The lowest BCUT2D eigenvalue weighted by Crippen LogP contribution is -2.54. The summed E-state index contributed by atoms with van der Waals surface area (Å²) in [6, 6.07) is 4.25. The minimum atomic E-state index is 0.551. The minimum absolute atomic E-state index is 0.551. The number of thiophene rings is 1. The smallest absolute Gasteiger partial charge is 0.0302 e. The van der Waals surface area contributed by atoms with Gasteiger partial charge in [0, 0.05) is 54.1 Å². The van der Waals surface area contributed by atoms with Gasteiger partial charge < -0.3 is 5.32 Å². The summed E-state index contributed by atoms with van der Waals surface area (Å²) in [4.78, 5) is 8.06. The number of hydrogen-bond acceptors (Lipinski definition) is 4. The van der Waals surface area contributed by atoms with Crippen molar-refractivity contribution in [2.24, 2.45) is 0 Å². The third-order valence-electron chi connectivity index (χ3n) is 4.59. The first-order chi connectivity index (χ1) is 9.86. The SMILES string of the molecule is Cc1sc(CNC(C)C)cc1CN1CC(C)N(C)C(C)C1. The molecule has 2 atom stereocenters. The van der Waals surface area contributed by atoms with Crippen molar-refractivity contribution in [3.8, 4) is 0 Å². The van der Waals surface area contributed by atoms with Gasteiger partial charge in [-0.2, -0.15) is 0 Å². The largest absolute Gasteiger partial charge is 0.310 e. The van der Waals surface area contributed by atoms with E-state index in [0.29, 0.717) is 18.1 Å². The van der Waals surface area contributed by atoms with Crippen LogP contribution in [-0.2, 0) is 13.1 Å². The summed E-state index contributed by atoms with van der Waals surface area (Å²) in [5.74, 6) is 0. The zero-order valence-corrected chi connectivity index (χ0v) is 15.3. The highest BCUT2D eigenvalue weighted by atomic mass is 32.1. The van der Waals surface area contributed by atoms with Crippen LogP contribution in [0.5, 0.6) is 0 Å². The van der Waals surface area contributed by atoms with Crippen LogP contribution in [0.25, 0.3) is 0 Å². The molecule has 0 radical (unpaired) electrons. The molecule has 0 aliphatic carbocycles. The summed E-state index contributed by atoms with van der Waals surface area (Å²) in [5.41, 5.74) is 1.52. The van der Waals surface area contributed by atoms with Crippen LogP contribution in [0, 0.1) is 6.92 Å². The van der Waals surface area contributed by atoms with Crippen molar-refractivity contribution in [1.82, 2.24) is 15.1 Å². The molecule has 0 amide bonds. The zero-order chi connectivity index (χ0) is 15.6. The van der Waals surface area contributed by atoms with E-state index in [1.807, 2.05) is 11.3 Å². The van der Waals surface area contributed by atoms with Crippen LogP contribution >= 0.6 is 11.3 Å². The molecule has 1 aliphatic heterocycles. The maximum Gasteiger partial charge on any atom is 0.0302 e. The Hall–Kier alpha value is -0.420. The van der Waals surface area contributed by atoms with Crippen LogP contribution in [0.4, 0.5) is 0 Å². The van der Waals surface area contributed by atoms with Crippen molar-refractivity contribution in [2.45, 2.75) is 65.8 Å². The number of likely N-dealkylation sites (N-methyl/N-ethyl adjacent to an activating group) is 1. The standard InChI is InChI=1S/C17H31N3S/c1-12(2)18-8-17-7-16(15(5)21-17)11-20-9-13(3)19(6)14(4)10-20/h7,12-14,18H,8-11H2,1-6H3. The van der Waals surface area contributed by atoms with E-state index >= 15 is 0 Å². The number of nitrogens with one attached hydrogen (secondary N) is 1. The van der Waals surface area contributed by atoms with E-state index in [-0.39, 0.29) is 0 Å². The zero-order valence-electron chi connectivity index (χ0n) is 14.4. The third-order valence-corrected chi connectivity index (χ3v) is 5.68. The Balaban J connectivity index is 1.96. The van der Waals surface area contributed by atoms with Gasteiger partial charge in [-0.05, 0) is 39.4 Å². The van der Waals surface area contributed by atoms with E-state index in [1.54, 1.807) is 0 Å². The molecule has 120 valence electrons. The first-order valence-corrected chi connectivity index (χ1v) is 8.94. The van der Waals surface area contributed by atoms with Crippen LogP contribution in [0.1, 0.15) is 43.0 Å². The van der Waals surface area contributed by atoms with Crippen molar-refractivity contribution < 1.29 is 0 Å². The average molecular weight is 310 g/mol. The van der Waals surface area contributed by atoms with Gasteiger partial charge in [-0.1, -0.05) is 13.8 Å². The molecule has 1 aliphatic rings. The van der Waals surface area contributed by atoms with Gasteiger partial charge in [0.25, 0.3) is 0 Å². The van der Waals surface area contributed by atoms with E-state index in [1.165, 1.54) is 28.4 Å². The molecule has 21 heavy (non-hydrogen) atoms. The molecule has 3 nitrogen and oxygen atoms in total. The molecule has 0 saturated carbocycles. The van der Waals surface area contributed by atoms with Crippen LogP contribution in [0.15, 0.2) is 6.07 Å². The highest BCUT2D eigenvalue weighted by Crippen LogP contribution is 2.24. The van der Waals surface area contributed by atoms with Crippen molar-refractivity contribution >= 4 is 11.3 Å². The van der Waals surface area contributed by atoms with E-state index < -0.39 is 0 Å². The fraction of sp³-hybridized carbons (Fsp3) is 0.765. The highest BCUT2D eigenvalue weighted by molar-refractivity contribution is 7.12. The van der Waals surface area contributed by atoms with Gasteiger partial charge in [-0.3, -0.25) is 9.80 Å². The predicted molar refractivity (Wildman–Crippen MR) is 93.0 cm³/mol. The summed E-state index contributed by atoms with van der Waals surface area (Å²) in [7, 11) is 2.25. The Morgan fingerprint density at radius 2 is 1.90 bits per heavy atom. The molecule has 1 fully saturated rings. The van der Waals surface area contributed by atoms with Crippen molar-refractivity contribution in [3.05, 3.63) is 21.4 Å². The van der Waals surface area contributed by atoms with Gasteiger partial charge in [0.15, 0.2) is 0 Å². The Morgan fingerprint density at radius 1 is 1.29 bits per heavy atom. The molecule has 0 bridgehead atoms. The van der Waals surface area contributed by atoms with Crippen LogP contribution in [0.3, 0.4) is 0 Å². The van der Waals surface area contributed by atoms with E-state index in [4.69, 9.17) is 0 Å².